The van der Waals surface area contributed by atoms with E-state index in [-0.39, 0.29) is 23.7 Å². The second-order valence-electron chi connectivity index (χ2n) is 7.22. The molecule has 3 aromatic rings. The molecular weight excluding hydrogens is 377 g/mol. The molecule has 2 aromatic heterocycles. The number of nitrogens with zero attached hydrogens (tertiary/aromatic N) is 4. The van der Waals surface area contributed by atoms with E-state index < -0.39 is 0 Å². The van der Waals surface area contributed by atoms with E-state index in [2.05, 4.69) is 20.5 Å². The lowest BCUT2D eigenvalue weighted by Gasteiger charge is -2.24. The van der Waals surface area contributed by atoms with Crippen molar-refractivity contribution in [3.8, 4) is 10.6 Å². The van der Waals surface area contributed by atoms with Crippen molar-refractivity contribution in [2.45, 2.75) is 46.2 Å². The molecule has 0 radical (unpaired) electrons. The molecule has 1 aliphatic rings. The maximum Gasteiger partial charge on any atom is 0.225 e. The SMILES string of the molecule is Cc1nc(-c2ccc(F)cc2)sc1[C@@H](C)NC(=O)[C@H]1CCc2nnc(C)n2C1. The number of thiazole rings is 1. The van der Waals surface area contributed by atoms with Gasteiger partial charge in [-0.3, -0.25) is 4.79 Å². The lowest BCUT2D eigenvalue weighted by atomic mass is 9.98. The van der Waals surface area contributed by atoms with Crippen LogP contribution in [0, 0.1) is 25.6 Å². The van der Waals surface area contributed by atoms with Crippen molar-refractivity contribution in [1.29, 1.82) is 0 Å². The van der Waals surface area contributed by atoms with E-state index in [9.17, 15) is 9.18 Å². The zero-order valence-electron chi connectivity index (χ0n) is 16.1. The summed E-state index contributed by atoms with van der Waals surface area (Å²) < 4.78 is 15.2. The molecule has 1 aromatic carbocycles. The highest BCUT2D eigenvalue weighted by Gasteiger charge is 2.28. The number of aromatic nitrogens is 4. The monoisotopic (exact) mass is 399 g/mol. The smallest absolute Gasteiger partial charge is 0.225 e. The molecule has 0 aliphatic carbocycles. The van der Waals surface area contributed by atoms with E-state index in [1.165, 1.54) is 23.5 Å². The van der Waals surface area contributed by atoms with Crippen LogP contribution in [0.15, 0.2) is 24.3 Å². The van der Waals surface area contributed by atoms with Gasteiger partial charge in [0.15, 0.2) is 0 Å². The molecule has 0 saturated heterocycles. The van der Waals surface area contributed by atoms with Crippen LogP contribution in [0.3, 0.4) is 0 Å². The lowest BCUT2D eigenvalue weighted by molar-refractivity contribution is -0.126. The van der Waals surface area contributed by atoms with E-state index in [1.807, 2.05) is 25.3 Å². The quantitative estimate of drug-likeness (QED) is 0.728. The van der Waals surface area contributed by atoms with Gasteiger partial charge in [-0.2, -0.15) is 0 Å². The van der Waals surface area contributed by atoms with Crippen molar-refractivity contribution in [1.82, 2.24) is 25.1 Å². The predicted octanol–water partition coefficient (Wildman–Crippen LogP) is 3.60. The molecule has 146 valence electrons. The van der Waals surface area contributed by atoms with Crippen LogP contribution in [-0.4, -0.2) is 25.7 Å². The van der Waals surface area contributed by atoms with Crippen LogP contribution in [0.25, 0.3) is 10.6 Å². The number of hydrogen-bond donors (Lipinski definition) is 1. The Labute approximate surface area is 166 Å². The molecule has 4 rings (SSSR count). The van der Waals surface area contributed by atoms with Gasteiger partial charge in [0.05, 0.1) is 22.5 Å². The Bertz CT molecular complexity index is 1010. The molecule has 0 spiro atoms. The largest absolute Gasteiger partial charge is 0.348 e. The third kappa shape index (κ3) is 3.56. The summed E-state index contributed by atoms with van der Waals surface area (Å²) in [6.45, 7) is 6.45. The first-order valence-corrected chi connectivity index (χ1v) is 10.2. The van der Waals surface area contributed by atoms with Gasteiger partial charge in [0.1, 0.15) is 22.5 Å². The Balaban J connectivity index is 1.46. The lowest BCUT2D eigenvalue weighted by Crippen LogP contribution is -2.37. The van der Waals surface area contributed by atoms with Crippen LogP contribution in [0.4, 0.5) is 4.39 Å². The average molecular weight is 399 g/mol. The number of aryl methyl sites for hydroxylation is 3. The minimum absolute atomic E-state index is 0.0439. The fraction of sp³-hybridized carbons (Fsp3) is 0.400. The van der Waals surface area contributed by atoms with Crippen molar-refractivity contribution in [2.75, 3.05) is 0 Å². The Morgan fingerprint density at radius 3 is 2.79 bits per heavy atom. The standard InChI is InChI=1S/C20H22FN5OS/c1-11(18-12(2)23-20(28-18)14-4-7-16(21)8-5-14)22-19(27)15-6-9-17-25-24-13(3)26(17)10-15/h4-5,7-8,11,15H,6,9-10H2,1-3H3,(H,22,27)/t11-,15+/m1/s1. The van der Waals surface area contributed by atoms with Gasteiger partial charge in [-0.15, -0.1) is 21.5 Å². The molecular formula is C20H22FN5OS. The highest BCUT2D eigenvalue weighted by molar-refractivity contribution is 7.15. The third-order valence-electron chi connectivity index (χ3n) is 5.18. The normalized spacial score (nSPS) is 17.2. The first-order valence-electron chi connectivity index (χ1n) is 9.34. The number of halogens is 1. The van der Waals surface area contributed by atoms with Crippen LogP contribution in [0.1, 0.15) is 41.6 Å². The number of carbonyl (C=O) groups is 1. The molecule has 3 heterocycles. The number of hydrogen-bond acceptors (Lipinski definition) is 5. The van der Waals surface area contributed by atoms with E-state index in [0.29, 0.717) is 6.54 Å². The Morgan fingerprint density at radius 1 is 1.29 bits per heavy atom. The molecule has 1 aliphatic heterocycles. The van der Waals surface area contributed by atoms with Gasteiger partial charge in [-0.05, 0) is 51.5 Å². The summed E-state index contributed by atoms with van der Waals surface area (Å²) in [5.74, 6) is 1.49. The van der Waals surface area contributed by atoms with Crippen molar-refractivity contribution in [3.63, 3.8) is 0 Å². The first-order chi connectivity index (χ1) is 13.4. The summed E-state index contributed by atoms with van der Waals surface area (Å²) in [6.07, 6.45) is 1.54. The maximum atomic E-state index is 13.2. The van der Waals surface area contributed by atoms with Gasteiger partial charge in [0.25, 0.3) is 0 Å². The summed E-state index contributed by atoms with van der Waals surface area (Å²) in [4.78, 5) is 18.5. The van der Waals surface area contributed by atoms with Gasteiger partial charge >= 0.3 is 0 Å². The summed E-state index contributed by atoms with van der Waals surface area (Å²) >= 11 is 1.53. The average Bonchev–Trinajstić information content (AvgIpc) is 3.25. The molecule has 1 amide bonds. The number of benzene rings is 1. The number of rotatable bonds is 4. The molecule has 1 N–H and O–H groups in total. The highest BCUT2D eigenvalue weighted by atomic mass is 32.1. The zero-order chi connectivity index (χ0) is 19.8. The minimum atomic E-state index is -0.267. The Morgan fingerprint density at radius 2 is 2.04 bits per heavy atom. The summed E-state index contributed by atoms with van der Waals surface area (Å²) in [7, 11) is 0. The number of fused-ring (bicyclic) bond motifs is 1. The fourth-order valence-electron chi connectivity index (χ4n) is 3.60. The Kier molecular flexibility index (Phi) is 4.97. The summed E-state index contributed by atoms with van der Waals surface area (Å²) in [6, 6.07) is 6.17. The van der Waals surface area contributed by atoms with E-state index in [4.69, 9.17) is 0 Å². The first kappa shape index (κ1) is 18.7. The molecule has 28 heavy (non-hydrogen) atoms. The van der Waals surface area contributed by atoms with Crippen molar-refractivity contribution >= 4 is 17.2 Å². The van der Waals surface area contributed by atoms with Gasteiger partial charge in [-0.1, -0.05) is 0 Å². The molecule has 8 heteroatoms. The van der Waals surface area contributed by atoms with Crippen molar-refractivity contribution in [2.24, 2.45) is 5.92 Å². The number of nitrogens with one attached hydrogen (secondary N) is 1. The van der Waals surface area contributed by atoms with Crippen LogP contribution in [-0.2, 0) is 17.8 Å². The maximum absolute atomic E-state index is 13.2. The van der Waals surface area contributed by atoms with Crippen LogP contribution in [0.2, 0.25) is 0 Å². The van der Waals surface area contributed by atoms with Crippen LogP contribution < -0.4 is 5.32 Å². The van der Waals surface area contributed by atoms with Crippen molar-refractivity contribution < 1.29 is 9.18 Å². The number of carbonyl (C=O) groups excluding carboxylic acids is 1. The fourth-order valence-corrected chi connectivity index (χ4v) is 4.67. The molecule has 0 bridgehead atoms. The molecule has 0 saturated carbocycles. The van der Waals surface area contributed by atoms with Gasteiger partial charge in [0.2, 0.25) is 5.91 Å². The van der Waals surface area contributed by atoms with Crippen LogP contribution in [0.5, 0.6) is 0 Å². The third-order valence-corrected chi connectivity index (χ3v) is 6.57. The van der Waals surface area contributed by atoms with Gasteiger partial charge < -0.3 is 9.88 Å². The van der Waals surface area contributed by atoms with Crippen molar-refractivity contribution in [3.05, 3.63) is 52.3 Å². The van der Waals surface area contributed by atoms with Gasteiger partial charge in [0, 0.05) is 18.5 Å². The molecule has 6 nitrogen and oxygen atoms in total. The Hall–Kier alpha value is -2.61. The molecule has 0 unspecified atom stereocenters. The predicted molar refractivity (Wildman–Crippen MR) is 105 cm³/mol. The topological polar surface area (TPSA) is 72.7 Å². The second kappa shape index (κ2) is 7.43. The van der Waals surface area contributed by atoms with Gasteiger partial charge in [-0.25, -0.2) is 9.37 Å². The second-order valence-corrected chi connectivity index (χ2v) is 8.25. The van der Waals surface area contributed by atoms with E-state index >= 15 is 0 Å². The molecule has 0 fully saturated rings. The van der Waals surface area contributed by atoms with Crippen LogP contribution >= 0.6 is 11.3 Å². The number of amides is 1. The van der Waals surface area contributed by atoms with E-state index in [0.717, 1.165) is 45.6 Å². The van der Waals surface area contributed by atoms with E-state index in [1.54, 1.807) is 12.1 Å². The highest BCUT2D eigenvalue weighted by Crippen LogP contribution is 2.32. The zero-order valence-corrected chi connectivity index (χ0v) is 16.9. The summed E-state index contributed by atoms with van der Waals surface area (Å²) in [5, 5.41) is 12.2. The summed E-state index contributed by atoms with van der Waals surface area (Å²) in [5.41, 5.74) is 1.76. The minimum Gasteiger partial charge on any atom is -0.348 e. The molecule has 2 atom stereocenters.